The number of amides is 1. The van der Waals surface area contributed by atoms with Gasteiger partial charge in [0.25, 0.3) is 0 Å². The van der Waals surface area contributed by atoms with Crippen molar-refractivity contribution < 1.29 is 9.53 Å². The highest BCUT2D eigenvalue weighted by atomic mass is 16.5. The molecule has 1 heterocycles. The lowest BCUT2D eigenvalue weighted by Crippen LogP contribution is -2.50. The number of anilines is 2. The molecule has 1 amide bonds. The molecule has 0 saturated heterocycles. The Hall–Kier alpha value is -1.75. The zero-order chi connectivity index (χ0) is 14.6. The summed E-state index contributed by atoms with van der Waals surface area (Å²) in [5, 5.41) is 9.45. The number of rotatable bonds is 5. The van der Waals surface area contributed by atoms with E-state index in [0.717, 1.165) is 11.4 Å². The van der Waals surface area contributed by atoms with E-state index in [0.29, 0.717) is 19.7 Å². The predicted molar refractivity (Wildman–Crippen MR) is 81.1 cm³/mol. The fourth-order valence-electron chi connectivity index (χ4n) is 2.24. The van der Waals surface area contributed by atoms with Gasteiger partial charge in [0, 0.05) is 19.7 Å². The summed E-state index contributed by atoms with van der Waals surface area (Å²) in [5.74, 6) is -0.0141. The molecule has 0 radical (unpaired) electrons. The lowest BCUT2D eigenvalue weighted by atomic mass is 10.1. The summed E-state index contributed by atoms with van der Waals surface area (Å²) in [4.78, 5) is 12.2. The van der Waals surface area contributed by atoms with Crippen molar-refractivity contribution in [2.45, 2.75) is 32.4 Å². The van der Waals surface area contributed by atoms with Crippen LogP contribution in [-0.4, -0.2) is 37.2 Å². The molecule has 1 atom stereocenters. The normalized spacial score (nSPS) is 17.6. The van der Waals surface area contributed by atoms with Crippen molar-refractivity contribution in [2.75, 3.05) is 30.3 Å². The van der Waals surface area contributed by atoms with Crippen molar-refractivity contribution in [3.8, 4) is 0 Å². The standard InChI is InChI=1S/C15H23N3O2/c1-4-20-15(2,3)10-17-14(19)13-9-16-11-7-5-6-8-12(11)18-13/h5-8,13,16,18H,4,9-10H2,1-3H3,(H,17,19). The van der Waals surface area contributed by atoms with E-state index in [4.69, 9.17) is 4.74 Å². The van der Waals surface area contributed by atoms with Crippen LogP contribution in [0.5, 0.6) is 0 Å². The van der Waals surface area contributed by atoms with Gasteiger partial charge in [0.1, 0.15) is 6.04 Å². The van der Waals surface area contributed by atoms with Gasteiger partial charge in [-0.2, -0.15) is 0 Å². The number of fused-ring (bicyclic) bond motifs is 1. The summed E-state index contributed by atoms with van der Waals surface area (Å²) in [7, 11) is 0. The summed E-state index contributed by atoms with van der Waals surface area (Å²) in [6, 6.07) is 7.62. The maximum absolute atomic E-state index is 12.2. The second-order valence-electron chi connectivity index (χ2n) is 5.53. The number of carbonyl (C=O) groups is 1. The number of hydrogen-bond acceptors (Lipinski definition) is 4. The molecule has 2 rings (SSSR count). The lowest BCUT2D eigenvalue weighted by molar-refractivity contribution is -0.123. The first-order valence-corrected chi connectivity index (χ1v) is 7.03. The van der Waals surface area contributed by atoms with Crippen LogP contribution in [0.15, 0.2) is 24.3 Å². The third-order valence-corrected chi connectivity index (χ3v) is 3.29. The van der Waals surface area contributed by atoms with E-state index < -0.39 is 0 Å². The van der Waals surface area contributed by atoms with Crippen molar-refractivity contribution >= 4 is 17.3 Å². The first kappa shape index (κ1) is 14.7. The summed E-state index contributed by atoms with van der Waals surface area (Å²) < 4.78 is 5.57. The van der Waals surface area contributed by atoms with Crippen LogP contribution in [0, 0.1) is 0 Å². The molecule has 0 fully saturated rings. The molecular formula is C15H23N3O2. The predicted octanol–water partition coefficient (Wildman–Crippen LogP) is 1.82. The Balaban J connectivity index is 1.89. The van der Waals surface area contributed by atoms with E-state index in [1.165, 1.54) is 0 Å². The average Bonchev–Trinajstić information content (AvgIpc) is 2.44. The highest BCUT2D eigenvalue weighted by molar-refractivity contribution is 5.88. The lowest BCUT2D eigenvalue weighted by Gasteiger charge is -2.30. The van der Waals surface area contributed by atoms with Gasteiger partial charge in [0.05, 0.1) is 17.0 Å². The Morgan fingerprint density at radius 3 is 2.80 bits per heavy atom. The van der Waals surface area contributed by atoms with E-state index in [1.54, 1.807) is 0 Å². The second kappa shape index (κ2) is 6.13. The Morgan fingerprint density at radius 1 is 1.40 bits per heavy atom. The van der Waals surface area contributed by atoms with Gasteiger partial charge in [-0.1, -0.05) is 12.1 Å². The minimum Gasteiger partial charge on any atom is -0.381 e. The zero-order valence-corrected chi connectivity index (χ0v) is 12.3. The van der Waals surface area contributed by atoms with Crippen molar-refractivity contribution in [1.82, 2.24) is 5.32 Å². The molecule has 1 aromatic rings. The molecule has 0 saturated carbocycles. The monoisotopic (exact) mass is 277 g/mol. The molecule has 1 aliphatic rings. The van der Waals surface area contributed by atoms with E-state index in [2.05, 4.69) is 16.0 Å². The third-order valence-electron chi connectivity index (χ3n) is 3.29. The highest BCUT2D eigenvalue weighted by Gasteiger charge is 2.25. The molecule has 5 heteroatoms. The van der Waals surface area contributed by atoms with Gasteiger partial charge in [-0.3, -0.25) is 4.79 Å². The van der Waals surface area contributed by atoms with Gasteiger partial charge in [-0.25, -0.2) is 0 Å². The van der Waals surface area contributed by atoms with Gasteiger partial charge in [0.15, 0.2) is 0 Å². The van der Waals surface area contributed by atoms with Gasteiger partial charge in [-0.15, -0.1) is 0 Å². The third kappa shape index (κ3) is 3.63. The van der Waals surface area contributed by atoms with Crippen LogP contribution in [0.3, 0.4) is 0 Å². The summed E-state index contributed by atoms with van der Waals surface area (Å²) in [6.45, 7) is 7.61. The quantitative estimate of drug-likeness (QED) is 0.768. The molecule has 5 nitrogen and oxygen atoms in total. The molecule has 20 heavy (non-hydrogen) atoms. The molecule has 0 aliphatic carbocycles. The number of benzene rings is 1. The number of hydrogen-bond donors (Lipinski definition) is 3. The molecular weight excluding hydrogens is 254 g/mol. The van der Waals surface area contributed by atoms with Crippen molar-refractivity contribution in [3.05, 3.63) is 24.3 Å². The molecule has 1 aliphatic heterocycles. The number of carbonyl (C=O) groups excluding carboxylic acids is 1. The summed E-state index contributed by atoms with van der Waals surface area (Å²) >= 11 is 0. The topological polar surface area (TPSA) is 62.4 Å². The number of nitrogens with one attached hydrogen (secondary N) is 3. The smallest absolute Gasteiger partial charge is 0.244 e. The maximum atomic E-state index is 12.2. The minimum absolute atomic E-state index is 0.0141. The molecule has 3 N–H and O–H groups in total. The van der Waals surface area contributed by atoms with Crippen LogP contribution in [0.1, 0.15) is 20.8 Å². The molecule has 0 spiro atoms. The molecule has 1 aromatic carbocycles. The van der Waals surface area contributed by atoms with Crippen LogP contribution < -0.4 is 16.0 Å². The second-order valence-corrected chi connectivity index (χ2v) is 5.53. The largest absolute Gasteiger partial charge is 0.381 e. The minimum atomic E-state index is -0.343. The van der Waals surface area contributed by atoms with Crippen LogP contribution in [0.4, 0.5) is 11.4 Å². The molecule has 110 valence electrons. The van der Waals surface area contributed by atoms with Gasteiger partial charge >= 0.3 is 0 Å². The van der Waals surface area contributed by atoms with Crippen molar-refractivity contribution in [2.24, 2.45) is 0 Å². The van der Waals surface area contributed by atoms with E-state index in [1.807, 2.05) is 45.0 Å². The van der Waals surface area contributed by atoms with E-state index >= 15 is 0 Å². The SMILES string of the molecule is CCOC(C)(C)CNC(=O)C1CNc2ccccc2N1. The van der Waals surface area contributed by atoms with Crippen LogP contribution in [0.25, 0.3) is 0 Å². The van der Waals surface area contributed by atoms with Crippen LogP contribution >= 0.6 is 0 Å². The zero-order valence-electron chi connectivity index (χ0n) is 12.3. The Kier molecular flexibility index (Phi) is 4.49. The average molecular weight is 277 g/mol. The summed E-state index contributed by atoms with van der Waals surface area (Å²) in [5.41, 5.74) is 1.65. The van der Waals surface area contributed by atoms with E-state index in [-0.39, 0.29) is 17.6 Å². The van der Waals surface area contributed by atoms with Crippen molar-refractivity contribution in [1.29, 1.82) is 0 Å². The van der Waals surface area contributed by atoms with Gasteiger partial charge in [0.2, 0.25) is 5.91 Å². The molecule has 0 aromatic heterocycles. The Labute approximate surface area is 120 Å². The van der Waals surface area contributed by atoms with Gasteiger partial charge < -0.3 is 20.7 Å². The number of ether oxygens (including phenoxy) is 1. The fourth-order valence-corrected chi connectivity index (χ4v) is 2.24. The highest BCUT2D eigenvalue weighted by Crippen LogP contribution is 2.25. The summed E-state index contributed by atoms with van der Waals surface area (Å²) in [6.07, 6.45) is 0. The number of para-hydroxylation sites is 2. The first-order valence-electron chi connectivity index (χ1n) is 7.03. The maximum Gasteiger partial charge on any atom is 0.244 e. The van der Waals surface area contributed by atoms with E-state index in [9.17, 15) is 4.79 Å². The molecule has 0 bridgehead atoms. The molecule has 1 unspecified atom stereocenters. The van der Waals surface area contributed by atoms with Crippen LogP contribution in [0.2, 0.25) is 0 Å². The fraction of sp³-hybridized carbons (Fsp3) is 0.533. The Morgan fingerprint density at radius 2 is 2.10 bits per heavy atom. The first-order chi connectivity index (χ1) is 9.52. The Bertz CT molecular complexity index is 474. The van der Waals surface area contributed by atoms with Crippen molar-refractivity contribution in [3.63, 3.8) is 0 Å². The van der Waals surface area contributed by atoms with Gasteiger partial charge in [-0.05, 0) is 32.9 Å². The van der Waals surface area contributed by atoms with Crippen LogP contribution in [-0.2, 0) is 9.53 Å².